The van der Waals surface area contributed by atoms with Gasteiger partial charge < -0.3 is 4.42 Å². The first kappa shape index (κ1) is 12.9. The summed E-state index contributed by atoms with van der Waals surface area (Å²) in [5, 5.41) is 0.915. The molecular formula is C14H8BrClO2S. The van der Waals surface area contributed by atoms with Crippen molar-refractivity contribution >= 4 is 55.6 Å². The van der Waals surface area contributed by atoms with Gasteiger partial charge in [-0.05, 0) is 42.8 Å². The molecular weight excluding hydrogens is 348 g/mol. The Morgan fingerprint density at radius 2 is 2.11 bits per heavy atom. The van der Waals surface area contributed by atoms with E-state index in [0.29, 0.717) is 15.0 Å². The van der Waals surface area contributed by atoms with E-state index in [1.165, 1.54) is 11.3 Å². The summed E-state index contributed by atoms with van der Waals surface area (Å²) in [6.07, 6.45) is 0. The van der Waals surface area contributed by atoms with E-state index >= 15 is 0 Å². The van der Waals surface area contributed by atoms with Gasteiger partial charge in [-0.3, -0.25) is 4.79 Å². The highest BCUT2D eigenvalue weighted by molar-refractivity contribution is 9.10. The second-order valence-electron chi connectivity index (χ2n) is 4.18. The quantitative estimate of drug-likeness (QED) is 0.572. The highest BCUT2D eigenvalue weighted by atomic mass is 79.9. The first-order chi connectivity index (χ1) is 9.04. The molecule has 0 spiro atoms. The smallest absolute Gasteiger partial charge is 0.238 e. The first-order valence-corrected chi connectivity index (χ1v) is 7.53. The maximum absolute atomic E-state index is 12.3. The lowest BCUT2D eigenvalue weighted by molar-refractivity contribution is 0.101. The highest BCUT2D eigenvalue weighted by Gasteiger charge is 2.17. The Morgan fingerprint density at radius 3 is 2.79 bits per heavy atom. The van der Waals surface area contributed by atoms with Crippen molar-refractivity contribution in [2.45, 2.75) is 6.92 Å². The second-order valence-corrected chi connectivity index (χ2v) is 6.82. The highest BCUT2D eigenvalue weighted by Crippen LogP contribution is 2.30. The number of hydrogen-bond acceptors (Lipinski definition) is 3. The molecule has 0 amide bonds. The van der Waals surface area contributed by atoms with E-state index < -0.39 is 0 Å². The van der Waals surface area contributed by atoms with Crippen LogP contribution in [0.15, 0.2) is 39.2 Å². The van der Waals surface area contributed by atoms with Gasteiger partial charge in [0.25, 0.3) is 0 Å². The minimum Gasteiger partial charge on any atom is -0.452 e. The van der Waals surface area contributed by atoms with E-state index in [1.807, 2.05) is 19.1 Å². The monoisotopic (exact) mass is 354 g/mol. The summed E-state index contributed by atoms with van der Waals surface area (Å²) in [7, 11) is 0. The second kappa shape index (κ2) is 4.78. The van der Waals surface area contributed by atoms with Crippen molar-refractivity contribution in [2.24, 2.45) is 0 Å². The third kappa shape index (κ3) is 2.36. The van der Waals surface area contributed by atoms with E-state index in [4.69, 9.17) is 16.0 Å². The standard InChI is InChI=1S/C14H8BrClO2S/c1-7-4-9(15)5-8-6-10(18-14(7)8)13(17)11-2-3-12(16)19-11/h2-6H,1H3. The molecule has 0 atom stereocenters. The van der Waals surface area contributed by atoms with Crippen LogP contribution in [0.3, 0.4) is 0 Å². The summed E-state index contributed by atoms with van der Waals surface area (Å²) in [6, 6.07) is 9.09. The third-order valence-corrected chi connectivity index (χ3v) is 4.48. The number of furan rings is 1. The van der Waals surface area contributed by atoms with Crippen molar-refractivity contribution in [2.75, 3.05) is 0 Å². The number of hydrogen-bond donors (Lipinski definition) is 0. The van der Waals surface area contributed by atoms with Crippen LogP contribution in [0.25, 0.3) is 11.0 Å². The number of thiophene rings is 1. The number of aryl methyl sites for hydroxylation is 1. The molecule has 96 valence electrons. The molecule has 0 aliphatic heterocycles. The zero-order valence-corrected chi connectivity index (χ0v) is 13.0. The number of carbonyl (C=O) groups is 1. The van der Waals surface area contributed by atoms with Crippen molar-refractivity contribution in [3.05, 3.63) is 55.3 Å². The Morgan fingerprint density at radius 1 is 1.32 bits per heavy atom. The predicted octanol–water partition coefficient (Wildman–Crippen LogP) is 5.45. The van der Waals surface area contributed by atoms with Crippen molar-refractivity contribution in [3.8, 4) is 0 Å². The molecule has 1 aromatic carbocycles. The van der Waals surface area contributed by atoms with Gasteiger partial charge in [0.15, 0.2) is 5.76 Å². The topological polar surface area (TPSA) is 30.2 Å². The van der Waals surface area contributed by atoms with Gasteiger partial charge in [-0.1, -0.05) is 27.5 Å². The molecule has 5 heteroatoms. The van der Waals surface area contributed by atoms with Crippen LogP contribution >= 0.6 is 38.9 Å². The molecule has 0 unspecified atom stereocenters. The Bertz CT molecular complexity index is 788. The number of ketones is 1. The normalized spacial score (nSPS) is 11.1. The Balaban J connectivity index is 2.11. The number of halogens is 2. The van der Waals surface area contributed by atoms with E-state index in [-0.39, 0.29) is 5.78 Å². The van der Waals surface area contributed by atoms with Crippen molar-refractivity contribution < 1.29 is 9.21 Å². The zero-order valence-electron chi connectivity index (χ0n) is 9.87. The molecule has 0 saturated heterocycles. The van der Waals surface area contributed by atoms with Gasteiger partial charge in [0, 0.05) is 9.86 Å². The average Bonchev–Trinajstić information content (AvgIpc) is 2.94. The Kier molecular flexibility index (Phi) is 3.25. The summed E-state index contributed by atoms with van der Waals surface area (Å²) in [4.78, 5) is 12.9. The van der Waals surface area contributed by atoms with Gasteiger partial charge in [-0.25, -0.2) is 0 Å². The van der Waals surface area contributed by atoms with Gasteiger partial charge in [-0.15, -0.1) is 11.3 Å². The van der Waals surface area contributed by atoms with Crippen LogP contribution in [0, 0.1) is 6.92 Å². The van der Waals surface area contributed by atoms with Crippen LogP contribution in [0.1, 0.15) is 21.0 Å². The molecule has 0 fully saturated rings. The van der Waals surface area contributed by atoms with Crippen LogP contribution in [0.4, 0.5) is 0 Å². The van der Waals surface area contributed by atoms with Crippen molar-refractivity contribution in [1.29, 1.82) is 0 Å². The van der Waals surface area contributed by atoms with Crippen LogP contribution in [0.2, 0.25) is 4.34 Å². The first-order valence-electron chi connectivity index (χ1n) is 5.54. The molecule has 0 aliphatic rings. The summed E-state index contributed by atoms with van der Waals surface area (Å²) in [6.45, 7) is 1.95. The average molecular weight is 356 g/mol. The fourth-order valence-electron chi connectivity index (χ4n) is 1.95. The molecule has 0 bridgehead atoms. The lowest BCUT2D eigenvalue weighted by atomic mass is 10.1. The summed E-state index contributed by atoms with van der Waals surface area (Å²) in [5.41, 5.74) is 1.74. The SMILES string of the molecule is Cc1cc(Br)cc2cc(C(=O)c3ccc(Cl)s3)oc12. The number of carbonyl (C=O) groups excluding carboxylic acids is 1. The van der Waals surface area contributed by atoms with Gasteiger partial charge in [0.1, 0.15) is 5.58 Å². The molecule has 19 heavy (non-hydrogen) atoms. The maximum Gasteiger partial charge on any atom is 0.238 e. The zero-order chi connectivity index (χ0) is 13.6. The van der Waals surface area contributed by atoms with Gasteiger partial charge in [0.2, 0.25) is 5.78 Å². The number of rotatable bonds is 2. The summed E-state index contributed by atoms with van der Waals surface area (Å²) < 4.78 is 7.24. The summed E-state index contributed by atoms with van der Waals surface area (Å²) >= 11 is 10.5. The van der Waals surface area contributed by atoms with E-state index in [2.05, 4.69) is 15.9 Å². The van der Waals surface area contributed by atoms with Gasteiger partial charge in [-0.2, -0.15) is 0 Å². The molecule has 2 aromatic heterocycles. The lowest BCUT2D eigenvalue weighted by Gasteiger charge is -1.95. The Labute approximate surface area is 127 Å². The minimum absolute atomic E-state index is 0.136. The van der Waals surface area contributed by atoms with Gasteiger partial charge >= 0.3 is 0 Å². The maximum atomic E-state index is 12.3. The van der Waals surface area contributed by atoms with Crippen LogP contribution in [-0.4, -0.2) is 5.78 Å². The third-order valence-electron chi connectivity index (χ3n) is 2.79. The van der Waals surface area contributed by atoms with Crippen molar-refractivity contribution in [1.82, 2.24) is 0 Å². The molecule has 0 N–H and O–H groups in total. The molecule has 0 radical (unpaired) electrons. The molecule has 0 aliphatic carbocycles. The number of benzene rings is 1. The number of fused-ring (bicyclic) bond motifs is 1. The van der Waals surface area contributed by atoms with E-state index in [0.717, 1.165) is 21.0 Å². The predicted molar refractivity (Wildman–Crippen MR) is 81.4 cm³/mol. The summed E-state index contributed by atoms with van der Waals surface area (Å²) in [5.74, 6) is 0.207. The largest absolute Gasteiger partial charge is 0.452 e. The minimum atomic E-state index is -0.136. The van der Waals surface area contributed by atoms with Crippen molar-refractivity contribution in [3.63, 3.8) is 0 Å². The fraction of sp³-hybridized carbons (Fsp3) is 0.0714. The van der Waals surface area contributed by atoms with E-state index in [9.17, 15) is 4.79 Å². The Hall–Kier alpha value is -1.10. The molecule has 3 rings (SSSR count). The molecule has 0 saturated carbocycles. The fourth-order valence-corrected chi connectivity index (χ4v) is 3.53. The lowest BCUT2D eigenvalue weighted by Crippen LogP contribution is -1.95. The molecule has 2 heterocycles. The molecule has 2 nitrogen and oxygen atoms in total. The molecule has 3 aromatic rings. The van der Waals surface area contributed by atoms with Gasteiger partial charge in [0.05, 0.1) is 9.21 Å². The van der Waals surface area contributed by atoms with Crippen LogP contribution in [0.5, 0.6) is 0 Å². The van der Waals surface area contributed by atoms with Crippen LogP contribution < -0.4 is 0 Å². The van der Waals surface area contributed by atoms with E-state index in [1.54, 1.807) is 18.2 Å². The van der Waals surface area contributed by atoms with Crippen LogP contribution in [-0.2, 0) is 0 Å².